The molecule has 2 heterocycles. The lowest BCUT2D eigenvalue weighted by Gasteiger charge is -2.31. The number of carbonyl (C=O) groups is 1. The number of rotatable bonds is 3. The summed E-state index contributed by atoms with van der Waals surface area (Å²) in [5.41, 5.74) is 1.14. The maximum absolute atomic E-state index is 13.2. The fourth-order valence-electron chi connectivity index (χ4n) is 2.90. The minimum atomic E-state index is -0.311. The van der Waals surface area contributed by atoms with E-state index in [-0.39, 0.29) is 23.7 Å². The SMILES string of the molecule is O=C(NC1CCN(c2nc3cc(F)ccc3o2)CC1)C1CC1. The number of nitrogens with zero attached hydrogens (tertiary/aromatic N) is 2. The smallest absolute Gasteiger partial charge is 0.298 e. The number of amides is 1. The van der Waals surface area contributed by atoms with Crippen LogP contribution in [0.3, 0.4) is 0 Å². The minimum Gasteiger partial charge on any atom is -0.423 e. The molecule has 1 aromatic heterocycles. The van der Waals surface area contributed by atoms with Crippen molar-refractivity contribution >= 4 is 23.0 Å². The number of carbonyl (C=O) groups excluding carboxylic acids is 1. The van der Waals surface area contributed by atoms with Gasteiger partial charge in [-0.1, -0.05) is 0 Å². The molecule has 0 unspecified atom stereocenters. The molecule has 1 saturated heterocycles. The van der Waals surface area contributed by atoms with Crippen molar-refractivity contribution in [1.82, 2.24) is 10.3 Å². The molecule has 1 aromatic carbocycles. The number of fused-ring (bicyclic) bond motifs is 1. The molecule has 0 bridgehead atoms. The van der Waals surface area contributed by atoms with Crippen LogP contribution >= 0.6 is 0 Å². The lowest BCUT2D eigenvalue weighted by molar-refractivity contribution is -0.123. The van der Waals surface area contributed by atoms with E-state index in [2.05, 4.69) is 15.2 Å². The van der Waals surface area contributed by atoms with E-state index in [1.807, 2.05) is 0 Å². The van der Waals surface area contributed by atoms with Crippen LogP contribution in [0.1, 0.15) is 25.7 Å². The fraction of sp³-hybridized carbons (Fsp3) is 0.500. The number of halogens is 1. The Hall–Kier alpha value is -2.11. The number of hydrogen-bond acceptors (Lipinski definition) is 4. The standard InChI is InChI=1S/C16H18FN3O2/c17-11-3-4-14-13(9-11)19-16(22-14)20-7-5-12(6-8-20)18-15(21)10-1-2-10/h3-4,9-10,12H,1-2,5-8H2,(H,18,21). The third-order valence-electron chi connectivity index (χ3n) is 4.40. The summed E-state index contributed by atoms with van der Waals surface area (Å²) in [4.78, 5) is 18.2. The van der Waals surface area contributed by atoms with Crippen LogP contribution in [0.25, 0.3) is 11.1 Å². The van der Waals surface area contributed by atoms with Crippen LogP contribution in [0, 0.1) is 11.7 Å². The van der Waals surface area contributed by atoms with Crippen LogP contribution < -0.4 is 10.2 Å². The number of aromatic nitrogens is 1. The van der Waals surface area contributed by atoms with Gasteiger partial charge in [0.2, 0.25) is 5.91 Å². The highest BCUT2D eigenvalue weighted by molar-refractivity contribution is 5.81. The summed E-state index contributed by atoms with van der Waals surface area (Å²) in [7, 11) is 0. The summed E-state index contributed by atoms with van der Waals surface area (Å²) in [5.74, 6) is 0.148. The quantitative estimate of drug-likeness (QED) is 0.946. The Morgan fingerprint density at radius 3 is 2.77 bits per heavy atom. The predicted octanol–water partition coefficient (Wildman–Crippen LogP) is 2.46. The molecular formula is C16H18FN3O2. The van der Waals surface area contributed by atoms with Gasteiger partial charge in [0, 0.05) is 31.1 Å². The second-order valence-electron chi connectivity index (χ2n) is 6.15. The Bertz CT molecular complexity index is 702. The molecule has 6 heteroatoms. The van der Waals surface area contributed by atoms with Crippen molar-refractivity contribution in [2.24, 2.45) is 5.92 Å². The Balaban J connectivity index is 1.40. The van der Waals surface area contributed by atoms with Crippen molar-refractivity contribution in [2.45, 2.75) is 31.7 Å². The van der Waals surface area contributed by atoms with Gasteiger partial charge in [-0.05, 0) is 37.8 Å². The summed E-state index contributed by atoms with van der Waals surface area (Å²) in [6.07, 6.45) is 3.82. The van der Waals surface area contributed by atoms with Crippen molar-refractivity contribution in [3.63, 3.8) is 0 Å². The van der Waals surface area contributed by atoms with E-state index >= 15 is 0 Å². The molecule has 1 N–H and O–H groups in total. The molecule has 22 heavy (non-hydrogen) atoms. The number of piperidine rings is 1. The average molecular weight is 303 g/mol. The van der Waals surface area contributed by atoms with Gasteiger partial charge in [0.25, 0.3) is 6.01 Å². The Morgan fingerprint density at radius 1 is 1.27 bits per heavy atom. The number of oxazole rings is 1. The molecule has 4 rings (SSSR count). The Labute approximate surface area is 127 Å². The number of anilines is 1. The molecule has 2 fully saturated rings. The first-order valence-electron chi connectivity index (χ1n) is 7.80. The third-order valence-corrected chi connectivity index (χ3v) is 4.40. The van der Waals surface area contributed by atoms with Crippen LogP contribution in [-0.4, -0.2) is 30.0 Å². The highest BCUT2D eigenvalue weighted by atomic mass is 19.1. The number of benzene rings is 1. The van der Waals surface area contributed by atoms with E-state index in [0.717, 1.165) is 38.8 Å². The van der Waals surface area contributed by atoms with Crippen LogP contribution in [0.4, 0.5) is 10.4 Å². The molecule has 1 aliphatic heterocycles. The molecule has 5 nitrogen and oxygen atoms in total. The molecule has 2 aromatic rings. The lowest BCUT2D eigenvalue weighted by Crippen LogP contribution is -2.45. The van der Waals surface area contributed by atoms with E-state index in [9.17, 15) is 9.18 Å². The number of hydrogen-bond donors (Lipinski definition) is 1. The molecular weight excluding hydrogens is 285 g/mol. The molecule has 1 aliphatic carbocycles. The van der Waals surface area contributed by atoms with Gasteiger partial charge in [0.05, 0.1) is 0 Å². The van der Waals surface area contributed by atoms with Crippen molar-refractivity contribution in [3.05, 3.63) is 24.0 Å². The first-order chi connectivity index (χ1) is 10.7. The second kappa shape index (κ2) is 5.26. The summed E-state index contributed by atoms with van der Waals surface area (Å²) < 4.78 is 18.9. The lowest BCUT2D eigenvalue weighted by atomic mass is 10.1. The van der Waals surface area contributed by atoms with Gasteiger partial charge in [-0.15, -0.1) is 0 Å². The van der Waals surface area contributed by atoms with Gasteiger partial charge in [-0.2, -0.15) is 4.98 Å². The summed E-state index contributed by atoms with van der Waals surface area (Å²) >= 11 is 0. The average Bonchev–Trinajstić information content (AvgIpc) is 3.28. The minimum absolute atomic E-state index is 0.204. The van der Waals surface area contributed by atoms with Crippen LogP contribution in [0.2, 0.25) is 0 Å². The van der Waals surface area contributed by atoms with Crippen LogP contribution in [-0.2, 0) is 4.79 Å². The second-order valence-corrected chi connectivity index (χ2v) is 6.15. The largest absolute Gasteiger partial charge is 0.423 e. The summed E-state index contributed by atoms with van der Waals surface area (Å²) in [5, 5.41) is 3.12. The van der Waals surface area contributed by atoms with Crippen molar-refractivity contribution in [1.29, 1.82) is 0 Å². The maximum atomic E-state index is 13.2. The monoisotopic (exact) mass is 303 g/mol. The zero-order valence-electron chi connectivity index (χ0n) is 12.2. The molecule has 2 aliphatic rings. The van der Waals surface area contributed by atoms with Gasteiger partial charge in [0.1, 0.15) is 11.3 Å². The molecule has 1 amide bonds. The van der Waals surface area contributed by atoms with Crippen molar-refractivity contribution < 1.29 is 13.6 Å². The van der Waals surface area contributed by atoms with Gasteiger partial charge in [-0.3, -0.25) is 4.79 Å². The fourth-order valence-corrected chi connectivity index (χ4v) is 2.90. The van der Waals surface area contributed by atoms with Gasteiger partial charge < -0.3 is 14.6 Å². The van der Waals surface area contributed by atoms with E-state index in [0.29, 0.717) is 17.1 Å². The molecule has 0 spiro atoms. The van der Waals surface area contributed by atoms with Crippen LogP contribution in [0.5, 0.6) is 0 Å². The topological polar surface area (TPSA) is 58.4 Å². The normalized spacial score (nSPS) is 19.6. The molecule has 116 valence electrons. The van der Waals surface area contributed by atoms with E-state index in [1.54, 1.807) is 6.07 Å². The van der Waals surface area contributed by atoms with Crippen LogP contribution in [0.15, 0.2) is 22.6 Å². The molecule has 0 atom stereocenters. The highest BCUT2D eigenvalue weighted by Gasteiger charge is 2.32. The van der Waals surface area contributed by atoms with E-state index < -0.39 is 0 Å². The maximum Gasteiger partial charge on any atom is 0.298 e. The Morgan fingerprint density at radius 2 is 2.05 bits per heavy atom. The van der Waals surface area contributed by atoms with E-state index in [4.69, 9.17) is 4.42 Å². The number of nitrogens with one attached hydrogen (secondary N) is 1. The van der Waals surface area contributed by atoms with Crippen molar-refractivity contribution in [3.8, 4) is 0 Å². The first-order valence-corrected chi connectivity index (χ1v) is 7.80. The summed E-state index contributed by atoms with van der Waals surface area (Å²) in [6.45, 7) is 1.57. The van der Waals surface area contributed by atoms with Crippen molar-refractivity contribution in [2.75, 3.05) is 18.0 Å². The molecule has 1 saturated carbocycles. The van der Waals surface area contributed by atoms with E-state index in [1.165, 1.54) is 12.1 Å². The zero-order valence-corrected chi connectivity index (χ0v) is 12.2. The highest BCUT2D eigenvalue weighted by Crippen LogP contribution is 2.30. The third kappa shape index (κ3) is 2.65. The van der Waals surface area contributed by atoms with Gasteiger partial charge in [0.15, 0.2) is 5.58 Å². The van der Waals surface area contributed by atoms with Gasteiger partial charge in [-0.25, -0.2) is 4.39 Å². The molecule has 0 radical (unpaired) electrons. The zero-order chi connectivity index (χ0) is 15.1. The van der Waals surface area contributed by atoms with Gasteiger partial charge >= 0.3 is 0 Å². The Kier molecular flexibility index (Phi) is 3.24. The summed E-state index contributed by atoms with van der Waals surface area (Å²) in [6, 6.07) is 5.13. The predicted molar refractivity (Wildman–Crippen MR) is 80.1 cm³/mol. The first kappa shape index (κ1) is 13.5.